The molecule has 0 saturated heterocycles. The first-order chi connectivity index (χ1) is 17.5. The zero-order valence-electron chi connectivity index (χ0n) is 19.9. The number of urea groups is 1. The minimum absolute atomic E-state index is 0.214. The number of aromatic nitrogens is 2. The summed E-state index contributed by atoms with van der Waals surface area (Å²) in [6.07, 6.45) is 0.547. The summed E-state index contributed by atoms with van der Waals surface area (Å²) in [4.78, 5) is 26.1. The molecule has 0 bridgehead atoms. The van der Waals surface area contributed by atoms with Crippen LogP contribution >= 0.6 is 0 Å². The molecule has 182 valence electrons. The molecule has 0 fully saturated rings. The number of ether oxygens (including phenoxy) is 1. The smallest absolute Gasteiger partial charge is 0.322 e. The van der Waals surface area contributed by atoms with E-state index in [1.54, 1.807) is 17.0 Å². The van der Waals surface area contributed by atoms with Crippen LogP contribution in [0.2, 0.25) is 0 Å². The fraction of sp³-hybridized carbons (Fsp3) is 0.179. The molecule has 5 rings (SSSR count). The zero-order valence-corrected chi connectivity index (χ0v) is 19.9. The number of para-hydroxylation sites is 1. The van der Waals surface area contributed by atoms with Crippen molar-refractivity contribution in [3.8, 4) is 11.6 Å². The number of hydrogen-bond acceptors (Lipinski definition) is 5. The summed E-state index contributed by atoms with van der Waals surface area (Å²) >= 11 is 0. The van der Waals surface area contributed by atoms with Crippen molar-refractivity contribution in [2.24, 2.45) is 0 Å². The average molecular weight is 484 g/mol. The van der Waals surface area contributed by atoms with Gasteiger partial charge in [-0.3, -0.25) is 0 Å². The van der Waals surface area contributed by atoms with Crippen LogP contribution in [0.4, 0.5) is 20.8 Å². The van der Waals surface area contributed by atoms with Gasteiger partial charge in [-0.15, -0.1) is 0 Å². The van der Waals surface area contributed by atoms with Gasteiger partial charge in [0.1, 0.15) is 11.6 Å². The zero-order chi connectivity index (χ0) is 24.9. The van der Waals surface area contributed by atoms with Gasteiger partial charge < -0.3 is 19.9 Å². The van der Waals surface area contributed by atoms with Crippen LogP contribution in [0.5, 0.6) is 11.6 Å². The molecule has 1 aliphatic rings. The lowest BCUT2D eigenvalue weighted by Crippen LogP contribution is -2.39. The predicted molar refractivity (Wildman–Crippen MR) is 137 cm³/mol. The van der Waals surface area contributed by atoms with Crippen LogP contribution in [0.3, 0.4) is 0 Å². The molecule has 0 saturated carbocycles. The van der Waals surface area contributed by atoms with E-state index < -0.39 is 5.82 Å². The number of halogens is 1. The summed E-state index contributed by atoms with van der Waals surface area (Å²) in [6.45, 7) is 1.40. The highest BCUT2D eigenvalue weighted by molar-refractivity contribution is 5.89. The molecule has 36 heavy (non-hydrogen) atoms. The van der Waals surface area contributed by atoms with E-state index in [0.29, 0.717) is 42.7 Å². The molecular formula is C28H26FN5O2. The Morgan fingerprint density at radius 3 is 2.53 bits per heavy atom. The molecule has 0 atom stereocenters. The van der Waals surface area contributed by atoms with Crippen LogP contribution in [0.1, 0.15) is 16.8 Å². The third kappa shape index (κ3) is 5.43. The third-order valence-corrected chi connectivity index (χ3v) is 5.94. The van der Waals surface area contributed by atoms with E-state index in [1.165, 1.54) is 12.1 Å². The lowest BCUT2D eigenvalue weighted by molar-refractivity contribution is 0.205. The van der Waals surface area contributed by atoms with Gasteiger partial charge in [-0.2, -0.15) is 4.98 Å². The third-order valence-electron chi connectivity index (χ3n) is 5.94. The summed E-state index contributed by atoms with van der Waals surface area (Å²) in [7, 11) is 1.92. The molecule has 0 radical (unpaired) electrons. The maximum atomic E-state index is 13.9. The minimum Gasteiger partial charge on any atom is -0.438 e. The van der Waals surface area contributed by atoms with Crippen molar-refractivity contribution in [3.05, 3.63) is 108 Å². The minimum atomic E-state index is -0.402. The fourth-order valence-corrected chi connectivity index (χ4v) is 4.09. The number of rotatable bonds is 6. The molecule has 8 heteroatoms. The van der Waals surface area contributed by atoms with E-state index in [2.05, 4.69) is 5.32 Å². The second kappa shape index (κ2) is 10.4. The van der Waals surface area contributed by atoms with Crippen LogP contribution in [0.15, 0.2) is 84.9 Å². The number of carbonyl (C=O) groups excluding carboxylic acids is 1. The highest BCUT2D eigenvalue weighted by Crippen LogP contribution is 2.32. The van der Waals surface area contributed by atoms with Gasteiger partial charge in [-0.25, -0.2) is 14.2 Å². The Morgan fingerprint density at radius 2 is 1.78 bits per heavy atom. The molecule has 7 nitrogen and oxygen atoms in total. The van der Waals surface area contributed by atoms with Crippen molar-refractivity contribution >= 4 is 17.7 Å². The Hall–Kier alpha value is -4.46. The standard InChI is InChI=1S/C28H26FN5O2/c1-33(18-20-9-4-2-5-10-20)27-31-25-15-16-34(28(35)30-22-12-6-3-7-13-22)19-24(25)26(32-27)36-23-14-8-11-21(29)17-23/h2-14,17H,15-16,18-19H2,1H3,(H,30,35). The number of hydrogen-bond donors (Lipinski definition) is 1. The second-order valence-electron chi connectivity index (χ2n) is 8.62. The number of anilines is 2. The summed E-state index contributed by atoms with van der Waals surface area (Å²) in [5, 5.41) is 2.92. The van der Waals surface area contributed by atoms with Crippen molar-refractivity contribution < 1.29 is 13.9 Å². The average Bonchev–Trinajstić information content (AvgIpc) is 2.89. The number of amides is 2. The second-order valence-corrected chi connectivity index (χ2v) is 8.62. The Bertz CT molecular complexity index is 1350. The lowest BCUT2D eigenvalue weighted by atomic mass is 10.1. The van der Waals surface area contributed by atoms with E-state index in [-0.39, 0.29) is 12.6 Å². The van der Waals surface area contributed by atoms with E-state index in [4.69, 9.17) is 14.7 Å². The Kier molecular flexibility index (Phi) is 6.75. The first-order valence-corrected chi connectivity index (χ1v) is 11.7. The van der Waals surface area contributed by atoms with Crippen LogP contribution in [0.25, 0.3) is 0 Å². The number of nitrogens with zero attached hydrogens (tertiary/aromatic N) is 4. The lowest BCUT2D eigenvalue weighted by Gasteiger charge is -2.30. The number of benzene rings is 3. The van der Waals surface area contributed by atoms with Crippen molar-refractivity contribution in [2.75, 3.05) is 23.8 Å². The SMILES string of the molecule is CN(Cc1ccccc1)c1nc2c(c(Oc3cccc(F)c3)n1)CN(C(=O)Nc1ccccc1)CC2. The van der Waals surface area contributed by atoms with Gasteiger partial charge in [0, 0.05) is 38.3 Å². The Morgan fingerprint density at radius 1 is 1.03 bits per heavy atom. The molecule has 2 heterocycles. The first kappa shape index (κ1) is 23.3. The van der Waals surface area contributed by atoms with Gasteiger partial charge in [-0.1, -0.05) is 54.6 Å². The quantitative estimate of drug-likeness (QED) is 0.385. The molecule has 1 aliphatic heterocycles. The van der Waals surface area contributed by atoms with Crippen LogP contribution < -0.4 is 15.0 Å². The molecule has 1 N–H and O–H groups in total. The van der Waals surface area contributed by atoms with E-state index in [1.807, 2.05) is 72.6 Å². The maximum absolute atomic E-state index is 13.9. The van der Waals surface area contributed by atoms with Crippen LogP contribution in [-0.4, -0.2) is 34.5 Å². The molecule has 4 aromatic rings. The molecule has 2 amide bonds. The van der Waals surface area contributed by atoms with Gasteiger partial charge in [0.15, 0.2) is 0 Å². The normalized spacial score (nSPS) is 12.6. The molecule has 1 aromatic heterocycles. The Labute approximate surface area is 209 Å². The van der Waals surface area contributed by atoms with E-state index in [0.717, 1.165) is 16.9 Å². The van der Waals surface area contributed by atoms with Crippen LogP contribution in [0, 0.1) is 5.82 Å². The molecule has 0 unspecified atom stereocenters. The highest BCUT2D eigenvalue weighted by Gasteiger charge is 2.27. The summed E-state index contributed by atoms with van der Waals surface area (Å²) in [5.74, 6) is 0.753. The predicted octanol–water partition coefficient (Wildman–Crippen LogP) is 5.63. The summed E-state index contributed by atoms with van der Waals surface area (Å²) in [5.41, 5.74) is 3.37. The maximum Gasteiger partial charge on any atom is 0.322 e. The topological polar surface area (TPSA) is 70.6 Å². The highest BCUT2D eigenvalue weighted by atomic mass is 19.1. The number of nitrogens with one attached hydrogen (secondary N) is 1. The molecular weight excluding hydrogens is 457 g/mol. The van der Waals surface area contributed by atoms with Crippen molar-refractivity contribution in [3.63, 3.8) is 0 Å². The summed E-state index contributed by atoms with van der Waals surface area (Å²) < 4.78 is 19.9. The van der Waals surface area contributed by atoms with Crippen LogP contribution in [-0.2, 0) is 19.5 Å². The molecule has 0 aliphatic carbocycles. The Balaban J connectivity index is 1.44. The van der Waals surface area contributed by atoms with Gasteiger partial charge in [0.25, 0.3) is 0 Å². The first-order valence-electron chi connectivity index (χ1n) is 11.7. The largest absolute Gasteiger partial charge is 0.438 e. The van der Waals surface area contributed by atoms with Crippen molar-refractivity contribution in [2.45, 2.75) is 19.5 Å². The van der Waals surface area contributed by atoms with Gasteiger partial charge in [-0.05, 0) is 29.8 Å². The monoisotopic (exact) mass is 483 g/mol. The molecule has 0 spiro atoms. The van der Waals surface area contributed by atoms with E-state index in [9.17, 15) is 9.18 Å². The van der Waals surface area contributed by atoms with Gasteiger partial charge >= 0.3 is 6.03 Å². The number of fused-ring (bicyclic) bond motifs is 1. The van der Waals surface area contributed by atoms with Gasteiger partial charge in [0.2, 0.25) is 11.8 Å². The number of carbonyl (C=O) groups is 1. The summed E-state index contributed by atoms with van der Waals surface area (Å²) in [6, 6.07) is 25.1. The fourth-order valence-electron chi connectivity index (χ4n) is 4.09. The van der Waals surface area contributed by atoms with E-state index >= 15 is 0 Å². The van der Waals surface area contributed by atoms with Gasteiger partial charge in [0.05, 0.1) is 17.8 Å². The van der Waals surface area contributed by atoms with Crippen molar-refractivity contribution in [1.82, 2.24) is 14.9 Å². The van der Waals surface area contributed by atoms with Crippen molar-refractivity contribution in [1.29, 1.82) is 0 Å². The molecule has 3 aromatic carbocycles.